The van der Waals surface area contributed by atoms with Gasteiger partial charge in [0, 0.05) is 23.2 Å². The number of hydrogen-bond donors (Lipinski definition) is 1. The van der Waals surface area contributed by atoms with E-state index in [-0.39, 0.29) is 28.1 Å². The van der Waals surface area contributed by atoms with Crippen molar-refractivity contribution in [3.8, 4) is 17.0 Å². The van der Waals surface area contributed by atoms with Crippen LogP contribution in [-0.4, -0.2) is 17.9 Å². The lowest BCUT2D eigenvalue weighted by molar-refractivity contribution is -0.128. The van der Waals surface area contributed by atoms with Crippen LogP contribution in [0.25, 0.3) is 11.3 Å². The van der Waals surface area contributed by atoms with Gasteiger partial charge in [-0.25, -0.2) is 13.8 Å². The fourth-order valence-corrected chi connectivity index (χ4v) is 2.77. The Kier molecular flexibility index (Phi) is 5.86. The number of carbonyl (C=O) groups excluding carboxylic acids is 1. The molecule has 0 bridgehead atoms. The molecule has 146 valence electrons. The normalized spacial score (nSPS) is 11.9. The van der Waals surface area contributed by atoms with Crippen LogP contribution in [0.4, 0.5) is 8.78 Å². The maximum absolute atomic E-state index is 14.3. The Labute approximate surface area is 169 Å². The molecule has 5 nitrogen and oxygen atoms in total. The van der Waals surface area contributed by atoms with Gasteiger partial charge in [-0.2, -0.15) is 0 Å². The highest BCUT2D eigenvalue weighted by Gasteiger charge is 2.30. The molecule has 2 aromatic carbocycles. The zero-order valence-electron chi connectivity index (χ0n) is 14.7. The van der Waals surface area contributed by atoms with Crippen molar-refractivity contribution in [3.63, 3.8) is 0 Å². The average Bonchev–Trinajstić information content (AvgIpc) is 3.07. The van der Waals surface area contributed by atoms with Crippen LogP contribution in [0, 0.1) is 18.6 Å². The van der Waals surface area contributed by atoms with Gasteiger partial charge in [-0.05, 0) is 42.8 Å². The third-order valence-electron chi connectivity index (χ3n) is 3.96. The lowest BCUT2D eigenvalue weighted by Crippen LogP contribution is -2.30. The van der Waals surface area contributed by atoms with Crippen molar-refractivity contribution in [2.24, 2.45) is 0 Å². The van der Waals surface area contributed by atoms with Gasteiger partial charge in [0.05, 0.1) is 0 Å². The fourth-order valence-electron chi connectivity index (χ4n) is 2.42. The van der Waals surface area contributed by atoms with Gasteiger partial charge in [-0.15, -0.1) is 0 Å². The van der Waals surface area contributed by atoms with Crippen LogP contribution in [0.5, 0.6) is 5.75 Å². The smallest absolute Gasteiger partial charge is 0.270 e. The summed E-state index contributed by atoms with van der Waals surface area (Å²) in [5.74, 6) is -2.82. The van der Waals surface area contributed by atoms with Crippen LogP contribution in [0.2, 0.25) is 10.2 Å². The number of carbonyl (C=O) groups is 1. The van der Waals surface area contributed by atoms with Gasteiger partial charge >= 0.3 is 0 Å². The van der Waals surface area contributed by atoms with Crippen molar-refractivity contribution in [3.05, 3.63) is 69.7 Å². The summed E-state index contributed by atoms with van der Waals surface area (Å²) < 4.78 is 38.6. The van der Waals surface area contributed by atoms with Crippen molar-refractivity contribution in [2.75, 3.05) is 7.05 Å². The molecule has 28 heavy (non-hydrogen) atoms. The Morgan fingerprint density at radius 1 is 1.18 bits per heavy atom. The molecule has 3 rings (SSSR count). The molecule has 0 aliphatic rings. The number of benzene rings is 2. The van der Waals surface area contributed by atoms with Crippen molar-refractivity contribution in [1.82, 2.24) is 10.3 Å². The van der Waals surface area contributed by atoms with E-state index in [2.05, 4.69) is 10.3 Å². The number of nitrogens with zero attached hydrogens (tertiary/aromatic N) is 1. The van der Waals surface area contributed by atoms with E-state index >= 15 is 0 Å². The van der Waals surface area contributed by atoms with Crippen molar-refractivity contribution in [1.29, 1.82) is 0 Å². The number of amides is 1. The van der Waals surface area contributed by atoms with E-state index < -0.39 is 23.6 Å². The second kappa shape index (κ2) is 8.16. The minimum atomic E-state index is -1.44. The van der Waals surface area contributed by atoms with E-state index in [1.54, 1.807) is 24.3 Å². The van der Waals surface area contributed by atoms with Crippen molar-refractivity contribution in [2.45, 2.75) is 13.0 Å². The number of halogens is 4. The fraction of sp³-hybridized carbons (Fsp3) is 0.158. The topological polar surface area (TPSA) is 64.4 Å². The minimum Gasteiger partial charge on any atom is -0.468 e. The summed E-state index contributed by atoms with van der Waals surface area (Å²) in [5, 5.41) is 2.83. The summed E-state index contributed by atoms with van der Waals surface area (Å²) in [6, 6.07) is 8.76. The predicted molar refractivity (Wildman–Crippen MR) is 100 cm³/mol. The number of likely N-dealkylation sites (N-methyl/N-ethyl adjacent to an activating group) is 1. The first-order valence-electron chi connectivity index (χ1n) is 8.06. The minimum absolute atomic E-state index is 0.0782. The summed E-state index contributed by atoms with van der Waals surface area (Å²) in [4.78, 5) is 16.5. The first-order chi connectivity index (χ1) is 13.3. The van der Waals surface area contributed by atoms with Gasteiger partial charge in [0.25, 0.3) is 12.0 Å². The predicted octanol–water partition coefficient (Wildman–Crippen LogP) is 5.10. The average molecular weight is 427 g/mol. The molecule has 0 radical (unpaired) electrons. The van der Waals surface area contributed by atoms with E-state index in [9.17, 15) is 13.6 Å². The standard InChI is InChI=1S/C19H14Cl2F2N2O3/c1-9-12(22)7-8-13(14(9)23)27-16(18(26)24-2)19-25-15(17(21)28-19)10-3-5-11(20)6-4-10/h3-8,16H,1-2H3,(H,24,26). The zero-order chi connectivity index (χ0) is 20.4. The van der Waals surface area contributed by atoms with Crippen LogP contribution in [-0.2, 0) is 4.79 Å². The summed E-state index contributed by atoms with van der Waals surface area (Å²) >= 11 is 12.0. The maximum atomic E-state index is 14.3. The van der Waals surface area contributed by atoms with Crippen LogP contribution < -0.4 is 10.1 Å². The lowest BCUT2D eigenvalue weighted by Gasteiger charge is -2.16. The lowest BCUT2D eigenvalue weighted by atomic mass is 10.2. The highest BCUT2D eigenvalue weighted by atomic mass is 35.5. The third kappa shape index (κ3) is 3.95. The second-order valence-electron chi connectivity index (χ2n) is 5.78. The molecule has 9 heteroatoms. The van der Waals surface area contributed by atoms with Gasteiger partial charge in [-0.1, -0.05) is 23.7 Å². The summed E-state index contributed by atoms with van der Waals surface area (Å²) in [5.41, 5.74) is 0.630. The zero-order valence-corrected chi connectivity index (χ0v) is 16.2. The molecule has 0 spiro atoms. The Morgan fingerprint density at radius 2 is 1.86 bits per heavy atom. The number of ether oxygens (including phenoxy) is 1. The molecule has 3 aromatic rings. The Balaban J connectivity index is 1.99. The molecule has 0 aliphatic carbocycles. The van der Waals surface area contributed by atoms with E-state index in [0.29, 0.717) is 10.6 Å². The summed E-state index contributed by atoms with van der Waals surface area (Å²) in [6.45, 7) is 1.26. The molecular formula is C19H14Cl2F2N2O3. The largest absolute Gasteiger partial charge is 0.468 e. The first kappa shape index (κ1) is 20.1. The number of nitrogens with one attached hydrogen (secondary N) is 1. The highest BCUT2D eigenvalue weighted by molar-refractivity contribution is 6.31. The monoisotopic (exact) mass is 426 g/mol. The molecule has 1 unspecified atom stereocenters. The maximum Gasteiger partial charge on any atom is 0.270 e. The quantitative estimate of drug-likeness (QED) is 0.616. The Bertz CT molecular complexity index is 1020. The highest BCUT2D eigenvalue weighted by Crippen LogP contribution is 2.33. The number of oxazole rings is 1. The Hall–Kier alpha value is -2.64. The van der Waals surface area contributed by atoms with Crippen molar-refractivity contribution >= 4 is 29.1 Å². The van der Waals surface area contributed by atoms with E-state index in [0.717, 1.165) is 12.1 Å². The van der Waals surface area contributed by atoms with Crippen LogP contribution >= 0.6 is 23.2 Å². The molecule has 0 saturated carbocycles. The van der Waals surface area contributed by atoms with Gasteiger partial charge in [0.15, 0.2) is 11.6 Å². The first-order valence-corrected chi connectivity index (χ1v) is 8.82. The van der Waals surface area contributed by atoms with Gasteiger partial charge in [0.2, 0.25) is 11.1 Å². The van der Waals surface area contributed by atoms with Crippen LogP contribution in [0.3, 0.4) is 0 Å². The molecule has 0 saturated heterocycles. The SMILES string of the molecule is CNC(=O)C(Oc1ccc(F)c(C)c1F)c1nc(-c2ccc(Cl)cc2)c(Cl)o1. The van der Waals surface area contributed by atoms with Gasteiger partial charge < -0.3 is 14.5 Å². The van der Waals surface area contributed by atoms with E-state index in [4.69, 9.17) is 32.4 Å². The molecule has 1 N–H and O–H groups in total. The molecular weight excluding hydrogens is 413 g/mol. The Morgan fingerprint density at radius 3 is 2.50 bits per heavy atom. The molecule has 1 atom stereocenters. The number of rotatable bonds is 5. The molecule has 0 aliphatic heterocycles. The van der Waals surface area contributed by atoms with Crippen LogP contribution in [0.1, 0.15) is 17.6 Å². The van der Waals surface area contributed by atoms with E-state index in [1.807, 2.05) is 0 Å². The van der Waals surface area contributed by atoms with E-state index in [1.165, 1.54) is 14.0 Å². The molecule has 1 amide bonds. The third-order valence-corrected chi connectivity index (χ3v) is 4.47. The molecule has 1 aromatic heterocycles. The van der Waals surface area contributed by atoms with Crippen LogP contribution in [0.15, 0.2) is 40.8 Å². The van der Waals surface area contributed by atoms with Gasteiger partial charge in [0.1, 0.15) is 11.5 Å². The second-order valence-corrected chi connectivity index (χ2v) is 6.56. The summed E-state index contributed by atoms with van der Waals surface area (Å²) in [6.07, 6.45) is -1.44. The van der Waals surface area contributed by atoms with Crippen molar-refractivity contribution < 1.29 is 22.7 Å². The molecule has 1 heterocycles. The number of aromatic nitrogens is 1. The number of hydrogen-bond acceptors (Lipinski definition) is 4. The summed E-state index contributed by atoms with van der Waals surface area (Å²) in [7, 11) is 1.37. The van der Waals surface area contributed by atoms with Gasteiger partial charge in [-0.3, -0.25) is 4.79 Å². The molecule has 0 fully saturated rings.